The molecule has 88 valence electrons. The van der Waals surface area contributed by atoms with Crippen LogP contribution < -0.4 is 16.8 Å². The summed E-state index contributed by atoms with van der Waals surface area (Å²) in [6.07, 6.45) is 0.244. The number of rotatable bonds is 5. The predicted molar refractivity (Wildman–Crippen MR) is 64.2 cm³/mol. The second kappa shape index (κ2) is 5.37. The third-order valence-corrected chi connectivity index (χ3v) is 2.22. The van der Waals surface area contributed by atoms with Crippen LogP contribution in [0.2, 0.25) is 0 Å². The van der Waals surface area contributed by atoms with E-state index in [0.29, 0.717) is 29.9 Å². The Morgan fingerprint density at radius 3 is 2.81 bits per heavy atom. The number of hydrogen-bond donors (Lipinski definition) is 4. The molecule has 0 saturated heterocycles. The molecule has 0 spiro atoms. The molecule has 0 aliphatic rings. The molecule has 0 heterocycles. The minimum absolute atomic E-state index is 0.368. The predicted octanol–water partition coefficient (Wildman–Crippen LogP) is 0.550. The van der Waals surface area contributed by atoms with Crippen molar-refractivity contribution in [2.24, 2.45) is 5.73 Å². The number of nitrogens with one attached hydrogen (secondary N) is 1. The number of aliphatic hydroxyl groups excluding tert-OH is 1. The molecule has 1 aromatic rings. The average Bonchev–Trinajstić information content (AvgIpc) is 2.20. The van der Waals surface area contributed by atoms with Gasteiger partial charge in [0.2, 0.25) is 5.91 Å². The van der Waals surface area contributed by atoms with Crippen LogP contribution in [0.25, 0.3) is 0 Å². The zero-order chi connectivity index (χ0) is 12.1. The van der Waals surface area contributed by atoms with Crippen molar-refractivity contribution in [2.75, 3.05) is 17.6 Å². The highest BCUT2D eigenvalue weighted by atomic mass is 16.3. The molecule has 0 bridgehead atoms. The summed E-state index contributed by atoms with van der Waals surface area (Å²) in [7, 11) is 0. The van der Waals surface area contributed by atoms with Crippen molar-refractivity contribution < 1.29 is 9.90 Å². The minimum Gasteiger partial charge on any atom is -0.397 e. The maximum Gasteiger partial charge on any atom is 0.248 e. The van der Waals surface area contributed by atoms with Crippen molar-refractivity contribution in [3.8, 4) is 0 Å². The fraction of sp³-hybridized carbons (Fsp3) is 0.364. The Labute approximate surface area is 94.4 Å². The summed E-state index contributed by atoms with van der Waals surface area (Å²) in [5.41, 5.74) is 12.5. The fourth-order valence-corrected chi connectivity index (χ4v) is 1.28. The second-order valence-corrected chi connectivity index (χ2v) is 3.73. The third-order valence-electron chi connectivity index (χ3n) is 2.22. The number of carbonyl (C=O) groups is 1. The molecule has 5 nitrogen and oxygen atoms in total. The van der Waals surface area contributed by atoms with Gasteiger partial charge in [0.15, 0.2) is 0 Å². The van der Waals surface area contributed by atoms with Crippen LogP contribution in [-0.4, -0.2) is 23.7 Å². The number of amides is 1. The fourth-order valence-electron chi connectivity index (χ4n) is 1.28. The molecule has 1 unspecified atom stereocenters. The quantitative estimate of drug-likeness (QED) is 0.547. The zero-order valence-corrected chi connectivity index (χ0v) is 9.23. The van der Waals surface area contributed by atoms with E-state index in [9.17, 15) is 4.79 Å². The first kappa shape index (κ1) is 12.3. The van der Waals surface area contributed by atoms with Gasteiger partial charge in [-0.3, -0.25) is 4.79 Å². The summed E-state index contributed by atoms with van der Waals surface area (Å²) in [4.78, 5) is 11.0. The molecule has 0 saturated carbocycles. The summed E-state index contributed by atoms with van der Waals surface area (Å²) >= 11 is 0. The summed E-state index contributed by atoms with van der Waals surface area (Å²) in [5.74, 6) is -0.487. The molecular weight excluding hydrogens is 206 g/mol. The summed E-state index contributed by atoms with van der Waals surface area (Å²) < 4.78 is 0. The molecule has 1 aromatic carbocycles. The van der Waals surface area contributed by atoms with Gasteiger partial charge in [-0.1, -0.05) is 0 Å². The Kier molecular flexibility index (Phi) is 4.13. The maximum absolute atomic E-state index is 11.0. The molecule has 0 aliphatic heterocycles. The van der Waals surface area contributed by atoms with Gasteiger partial charge in [0.05, 0.1) is 17.5 Å². The van der Waals surface area contributed by atoms with Gasteiger partial charge in [0, 0.05) is 12.1 Å². The number of primary amides is 1. The number of nitrogen functional groups attached to an aromatic ring is 1. The van der Waals surface area contributed by atoms with E-state index in [4.69, 9.17) is 16.6 Å². The molecule has 0 aromatic heterocycles. The van der Waals surface area contributed by atoms with Crippen LogP contribution in [0.3, 0.4) is 0 Å². The van der Waals surface area contributed by atoms with Gasteiger partial charge < -0.3 is 21.9 Å². The van der Waals surface area contributed by atoms with Crippen molar-refractivity contribution in [3.05, 3.63) is 23.8 Å². The molecular formula is C11H17N3O2. The van der Waals surface area contributed by atoms with Crippen LogP contribution in [0.5, 0.6) is 0 Å². The van der Waals surface area contributed by atoms with E-state index in [2.05, 4.69) is 5.32 Å². The highest BCUT2D eigenvalue weighted by Gasteiger charge is 2.05. The summed E-state index contributed by atoms with van der Waals surface area (Å²) in [5, 5.41) is 12.1. The van der Waals surface area contributed by atoms with Crippen LogP contribution >= 0.6 is 0 Å². The Bertz CT molecular complexity index is 377. The van der Waals surface area contributed by atoms with Crippen molar-refractivity contribution in [1.82, 2.24) is 0 Å². The van der Waals surface area contributed by atoms with Gasteiger partial charge in [-0.05, 0) is 31.5 Å². The van der Waals surface area contributed by atoms with E-state index in [-0.39, 0.29) is 6.10 Å². The molecule has 0 aliphatic carbocycles. The second-order valence-electron chi connectivity index (χ2n) is 3.73. The standard InChI is InChI=1S/C11H17N3O2/c1-7(15)4-5-14-10-6-8(11(13)16)2-3-9(10)12/h2-3,6-7,14-15H,4-5,12H2,1H3,(H2,13,16). The smallest absolute Gasteiger partial charge is 0.248 e. The van der Waals surface area contributed by atoms with Crippen LogP contribution in [0, 0.1) is 0 Å². The highest BCUT2D eigenvalue weighted by Crippen LogP contribution is 2.19. The number of carbonyl (C=O) groups excluding carboxylic acids is 1. The van der Waals surface area contributed by atoms with Gasteiger partial charge in [-0.2, -0.15) is 0 Å². The van der Waals surface area contributed by atoms with Crippen molar-refractivity contribution >= 4 is 17.3 Å². The van der Waals surface area contributed by atoms with Crippen LogP contribution in [0.4, 0.5) is 11.4 Å². The van der Waals surface area contributed by atoms with E-state index in [1.807, 2.05) is 0 Å². The van der Waals surface area contributed by atoms with Crippen molar-refractivity contribution in [1.29, 1.82) is 0 Å². The van der Waals surface area contributed by atoms with Gasteiger partial charge >= 0.3 is 0 Å². The van der Waals surface area contributed by atoms with Crippen LogP contribution in [-0.2, 0) is 0 Å². The van der Waals surface area contributed by atoms with E-state index in [1.54, 1.807) is 25.1 Å². The average molecular weight is 223 g/mol. The molecule has 1 rings (SSSR count). The lowest BCUT2D eigenvalue weighted by molar-refractivity contribution is 0.100. The number of benzene rings is 1. The molecule has 5 heteroatoms. The lowest BCUT2D eigenvalue weighted by Gasteiger charge is -2.11. The maximum atomic E-state index is 11.0. The lowest BCUT2D eigenvalue weighted by Crippen LogP contribution is -2.14. The first-order valence-electron chi connectivity index (χ1n) is 5.12. The number of hydrogen-bond acceptors (Lipinski definition) is 4. The molecule has 1 atom stereocenters. The lowest BCUT2D eigenvalue weighted by atomic mass is 10.1. The van der Waals surface area contributed by atoms with E-state index in [0.717, 1.165) is 0 Å². The monoisotopic (exact) mass is 223 g/mol. The number of anilines is 2. The molecule has 1 amide bonds. The van der Waals surface area contributed by atoms with Gasteiger partial charge in [0.25, 0.3) is 0 Å². The Hall–Kier alpha value is -1.75. The van der Waals surface area contributed by atoms with E-state index < -0.39 is 5.91 Å². The first-order valence-corrected chi connectivity index (χ1v) is 5.12. The van der Waals surface area contributed by atoms with Crippen LogP contribution in [0.1, 0.15) is 23.7 Å². The molecule has 6 N–H and O–H groups in total. The van der Waals surface area contributed by atoms with Gasteiger partial charge in [0.1, 0.15) is 0 Å². The minimum atomic E-state index is -0.487. The summed E-state index contributed by atoms with van der Waals surface area (Å²) in [6, 6.07) is 4.82. The third kappa shape index (κ3) is 3.43. The van der Waals surface area contributed by atoms with Crippen molar-refractivity contribution in [3.63, 3.8) is 0 Å². The van der Waals surface area contributed by atoms with Crippen LogP contribution in [0.15, 0.2) is 18.2 Å². The van der Waals surface area contributed by atoms with Gasteiger partial charge in [-0.25, -0.2) is 0 Å². The number of aliphatic hydroxyl groups is 1. The first-order chi connectivity index (χ1) is 7.50. The van der Waals surface area contributed by atoms with Gasteiger partial charge in [-0.15, -0.1) is 0 Å². The zero-order valence-electron chi connectivity index (χ0n) is 9.23. The molecule has 0 radical (unpaired) electrons. The topological polar surface area (TPSA) is 101 Å². The molecule has 0 fully saturated rings. The highest BCUT2D eigenvalue weighted by molar-refractivity contribution is 5.94. The SMILES string of the molecule is CC(O)CCNc1cc(C(N)=O)ccc1N. The Morgan fingerprint density at radius 1 is 1.56 bits per heavy atom. The normalized spacial score (nSPS) is 12.1. The Balaban J connectivity index is 2.70. The van der Waals surface area contributed by atoms with Crippen molar-refractivity contribution in [2.45, 2.75) is 19.4 Å². The van der Waals surface area contributed by atoms with E-state index in [1.165, 1.54) is 0 Å². The largest absolute Gasteiger partial charge is 0.397 e. The van der Waals surface area contributed by atoms with E-state index >= 15 is 0 Å². The number of nitrogens with two attached hydrogens (primary N) is 2. The summed E-state index contributed by atoms with van der Waals surface area (Å²) in [6.45, 7) is 2.30. The molecule has 16 heavy (non-hydrogen) atoms. The Morgan fingerprint density at radius 2 is 2.25 bits per heavy atom.